The van der Waals surface area contributed by atoms with Crippen molar-refractivity contribution in [2.75, 3.05) is 0 Å². The molecule has 7 nitrogen and oxygen atoms in total. The summed E-state index contributed by atoms with van der Waals surface area (Å²) in [5.41, 5.74) is 1.47. The Morgan fingerprint density at radius 3 is 2.46 bits per heavy atom. The van der Waals surface area contributed by atoms with Crippen molar-refractivity contribution >= 4 is 16.9 Å². The van der Waals surface area contributed by atoms with Gasteiger partial charge in [0.15, 0.2) is 6.73 Å². The molecule has 2 aromatic carbocycles. The lowest BCUT2D eigenvalue weighted by Gasteiger charge is -2.07. The van der Waals surface area contributed by atoms with Crippen molar-refractivity contribution in [3.05, 3.63) is 89.0 Å². The van der Waals surface area contributed by atoms with Crippen LogP contribution in [0.1, 0.15) is 10.4 Å². The van der Waals surface area contributed by atoms with Crippen LogP contribution in [0, 0.1) is 0 Å². The van der Waals surface area contributed by atoms with E-state index in [4.69, 9.17) is 4.74 Å². The third kappa shape index (κ3) is 2.98. The summed E-state index contributed by atoms with van der Waals surface area (Å²) >= 11 is 0. The van der Waals surface area contributed by atoms with Crippen LogP contribution in [-0.4, -0.2) is 25.5 Å². The molecule has 0 N–H and O–H groups in total. The molecule has 0 radical (unpaired) electrons. The summed E-state index contributed by atoms with van der Waals surface area (Å²) in [7, 11) is 0. The lowest BCUT2D eigenvalue weighted by molar-refractivity contribution is 0.0336. The van der Waals surface area contributed by atoms with Crippen molar-refractivity contribution in [3.8, 4) is 5.69 Å². The summed E-state index contributed by atoms with van der Waals surface area (Å²) in [5.74, 6) is -0.536. The number of esters is 1. The quantitative estimate of drug-likeness (QED) is 0.530. The molecule has 0 amide bonds. The normalized spacial score (nSPS) is 10.8. The number of carbonyl (C=O) groups excluding carboxylic acids is 1. The fourth-order valence-corrected chi connectivity index (χ4v) is 2.59. The second-order valence-corrected chi connectivity index (χ2v) is 5.61. The zero-order chi connectivity index (χ0) is 17.9. The maximum Gasteiger partial charge on any atom is 0.339 e. The van der Waals surface area contributed by atoms with Crippen LogP contribution >= 0.6 is 0 Å². The van der Waals surface area contributed by atoms with Crippen LogP contribution in [0.5, 0.6) is 0 Å². The van der Waals surface area contributed by atoms with Gasteiger partial charge in [-0.2, -0.15) is 4.68 Å². The predicted molar refractivity (Wildman–Crippen MR) is 95.0 cm³/mol. The van der Waals surface area contributed by atoms with Gasteiger partial charge in [-0.1, -0.05) is 17.3 Å². The number of aromatic nitrogens is 4. The number of nitrogens with zero attached hydrogens (tertiary/aromatic N) is 4. The zero-order valence-electron chi connectivity index (χ0n) is 13.6. The molecule has 7 heteroatoms. The number of fused-ring (bicyclic) bond motifs is 1. The average molecular weight is 346 g/mol. The van der Waals surface area contributed by atoms with E-state index in [-0.39, 0.29) is 12.3 Å². The Bertz CT molecular complexity index is 1120. The molecule has 0 bridgehead atoms. The molecule has 2 aromatic heterocycles. The Balaban J connectivity index is 1.49. The van der Waals surface area contributed by atoms with Gasteiger partial charge in [0.25, 0.3) is 5.56 Å². The largest absolute Gasteiger partial charge is 0.439 e. The van der Waals surface area contributed by atoms with Crippen LogP contribution in [0.3, 0.4) is 0 Å². The highest BCUT2D eigenvalue weighted by molar-refractivity contribution is 5.89. The van der Waals surface area contributed by atoms with Crippen molar-refractivity contribution in [3.63, 3.8) is 0 Å². The van der Waals surface area contributed by atoms with Crippen molar-refractivity contribution in [2.24, 2.45) is 0 Å². The summed E-state index contributed by atoms with van der Waals surface area (Å²) in [4.78, 5) is 24.5. The average Bonchev–Trinajstić information content (AvgIpc) is 3.22. The van der Waals surface area contributed by atoms with Crippen LogP contribution in [0.15, 0.2) is 77.9 Å². The first kappa shape index (κ1) is 15.8. The first-order valence-electron chi connectivity index (χ1n) is 7.95. The number of carbonyl (C=O) groups is 1. The van der Waals surface area contributed by atoms with Crippen molar-refractivity contribution in [1.29, 1.82) is 0 Å². The summed E-state index contributed by atoms with van der Waals surface area (Å²) in [6.07, 6.45) is 3.83. The molecule has 0 unspecified atom stereocenters. The van der Waals surface area contributed by atoms with E-state index in [2.05, 4.69) is 10.3 Å². The summed E-state index contributed by atoms with van der Waals surface area (Å²) in [6.45, 7) is -0.297. The summed E-state index contributed by atoms with van der Waals surface area (Å²) in [5, 5.41) is 8.17. The topological polar surface area (TPSA) is 79.0 Å². The van der Waals surface area contributed by atoms with Gasteiger partial charge in [0.1, 0.15) is 5.52 Å². The first-order valence-corrected chi connectivity index (χ1v) is 7.95. The highest BCUT2D eigenvalue weighted by Gasteiger charge is 2.10. The van der Waals surface area contributed by atoms with E-state index in [1.165, 1.54) is 0 Å². The van der Waals surface area contributed by atoms with Crippen molar-refractivity contribution in [2.45, 2.75) is 6.73 Å². The van der Waals surface area contributed by atoms with Crippen LogP contribution in [0.4, 0.5) is 0 Å². The Kier molecular flexibility index (Phi) is 4.03. The minimum atomic E-state index is -0.536. The fourth-order valence-electron chi connectivity index (χ4n) is 2.59. The maximum atomic E-state index is 12.3. The Hall–Kier alpha value is -3.74. The van der Waals surface area contributed by atoms with E-state index < -0.39 is 5.97 Å². The van der Waals surface area contributed by atoms with E-state index >= 15 is 0 Å². The third-order valence-corrected chi connectivity index (χ3v) is 3.95. The van der Waals surface area contributed by atoms with Gasteiger partial charge in [-0.05, 0) is 48.5 Å². The molecule has 0 fully saturated rings. The molecule has 0 saturated heterocycles. The molecule has 0 saturated carbocycles. The van der Waals surface area contributed by atoms with E-state index in [1.54, 1.807) is 36.4 Å². The van der Waals surface area contributed by atoms with E-state index in [0.29, 0.717) is 16.5 Å². The summed E-state index contributed by atoms with van der Waals surface area (Å²) < 4.78 is 8.14. The second kappa shape index (κ2) is 6.64. The summed E-state index contributed by atoms with van der Waals surface area (Å²) in [6, 6.07) is 17.7. The number of hydrogen-bond donors (Lipinski definition) is 0. The second-order valence-electron chi connectivity index (χ2n) is 5.61. The van der Waals surface area contributed by atoms with Crippen LogP contribution in [0.25, 0.3) is 16.6 Å². The van der Waals surface area contributed by atoms with Gasteiger partial charge in [-0.3, -0.25) is 4.79 Å². The highest BCUT2D eigenvalue weighted by Crippen LogP contribution is 2.11. The fraction of sp³-hybridized carbons (Fsp3) is 0.0526. The molecular weight excluding hydrogens is 332 g/mol. The van der Waals surface area contributed by atoms with Crippen LogP contribution in [0.2, 0.25) is 0 Å². The third-order valence-electron chi connectivity index (χ3n) is 3.95. The lowest BCUT2D eigenvalue weighted by Crippen LogP contribution is -2.26. The Labute approximate surface area is 148 Å². The maximum absolute atomic E-state index is 12.3. The minimum absolute atomic E-state index is 0.297. The monoisotopic (exact) mass is 346 g/mol. The number of benzene rings is 2. The molecule has 0 spiro atoms. The molecule has 0 aliphatic carbocycles. The molecule has 128 valence electrons. The lowest BCUT2D eigenvalue weighted by atomic mass is 10.2. The van der Waals surface area contributed by atoms with E-state index in [0.717, 1.165) is 10.4 Å². The Morgan fingerprint density at radius 1 is 0.962 bits per heavy atom. The predicted octanol–water partition coefficient (Wildman–Crippen LogP) is 2.40. The van der Waals surface area contributed by atoms with Crippen LogP contribution < -0.4 is 5.56 Å². The molecule has 0 aliphatic rings. The number of rotatable bonds is 4. The molecule has 4 aromatic rings. The molecule has 2 heterocycles. The molecule has 0 aliphatic heterocycles. The van der Waals surface area contributed by atoms with Gasteiger partial charge in [0, 0.05) is 18.1 Å². The zero-order valence-corrected chi connectivity index (χ0v) is 13.6. The van der Waals surface area contributed by atoms with Gasteiger partial charge in [0.05, 0.1) is 10.9 Å². The number of ether oxygens (including phenoxy) is 1. The van der Waals surface area contributed by atoms with Gasteiger partial charge in [-0.15, -0.1) is 5.10 Å². The molecule has 26 heavy (non-hydrogen) atoms. The highest BCUT2D eigenvalue weighted by atomic mass is 16.5. The first-order chi connectivity index (χ1) is 12.7. The standard InChI is InChI=1S/C19H14N4O3/c24-18-16-5-1-2-6-17(16)20-21-23(18)13-26-19(25)14-7-9-15(10-8-14)22-11-3-4-12-22/h1-12H,13H2. The van der Waals surface area contributed by atoms with Crippen LogP contribution in [-0.2, 0) is 11.5 Å². The van der Waals surface area contributed by atoms with Crippen molar-refractivity contribution in [1.82, 2.24) is 19.6 Å². The van der Waals surface area contributed by atoms with Gasteiger partial charge in [0.2, 0.25) is 0 Å². The number of hydrogen-bond acceptors (Lipinski definition) is 5. The van der Waals surface area contributed by atoms with E-state index in [1.807, 2.05) is 41.2 Å². The van der Waals surface area contributed by atoms with E-state index in [9.17, 15) is 9.59 Å². The van der Waals surface area contributed by atoms with Gasteiger partial charge >= 0.3 is 5.97 Å². The smallest absolute Gasteiger partial charge is 0.339 e. The Morgan fingerprint density at radius 2 is 1.69 bits per heavy atom. The molecule has 4 rings (SSSR count). The minimum Gasteiger partial charge on any atom is -0.439 e. The van der Waals surface area contributed by atoms with Crippen molar-refractivity contribution < 1.29 is 9.53 Å². The molecular formula is C19H14N4O3. The SMILES string of the molecule is O=C(OCn1nnc2ccccc2c1=O)c1ccc(-n2cccc2)cc1. The van der Waals surface area contributed by atoms with Gasteiger partial charge in [-0.25, -0.2) is 4.79 Å². The van der Waals surface area contributed by atoms with Gasteiger partial charge < -0.3 is 9.30 Å². The molecule has 0 atom stereocenters.